The molecule has 21 heavy (non-hydrogen) atoms. The van der Waals surface area contributed by atoms with Crippen LogP contribution in [-0.4, -0.2) is 31.1 Å². The quantitative estimate of drug-likeness (QED) is 0.645. The third kappa shape index (κ3) is 4.08. The van der Waals surface area contributed by atoms with Crippen molar-refractivity contribution < 1.29 is 4.92 Å². The van der Waals surface area contributed by atoms with E-state index in [1.54, 1.807) is 18.2 Å². The van der Waals surface area contributed by atoms with Crippen LogP contribution in [0.5, 0.6) is 0 Å². The fraction of sp³-hybridized carbons (Fsp3) is 0.600. The van der Waals surface area contributed by atoms with Gasteiger partial charge in [-0.3, -0.25) is 10.1 Å². The van der Waals surface area contributed by atoms with Crippen molar-refractivity contribution >= 4 is 23.0 Å². The van der Waals surface area contributed by atoms with Gasteiger partial charge in [0.25, 0.3) is 0 Å². The molecule has 0 radical (unpaired) electrons. The second-order valence-electron chi connectivity index (χ2n) is 5.52. The predicted octanol–water partition coefficient (Wildman–Crippen LogP) is 3.46. The first-order chi connectivity index (χ1) is 10.1. The van der Waals surface area contributed by atoms with Gasteiger partial charge in [0.15, 0.2) is 0 Å². The van der Waals surface area contributed by atoms with E-state index in [9.17, 15) is 10.1 Å². The Morgan fingerprint density at radius 2 is 2.33 bits per heavy atom. The lowest BCUT2D eigenvalue weighted by atomic mass is 9.98. The minimum Gasteiger partial charge on any atom is -0.366 e. The van der Waals surface area contributed by atoms with Crippen molar-refractivity contribution in [2.24, 2.45) is 5.92 Å². The van der Waals surface area contributed by atoms with Gasteiger partial charge in [-0.15, -0.1) is 0 Å². The number of hydrogen-bond acceptors (Lipinski definition) is 4. The highest BCUT2D eigenvalue weighted by Gasteiger charge is 2.25. The van der Waals surface area contributed by atoms with E-state index in [4.69, 9.17) is 11.6 Å². The molecule has 1 aliphatic heterocycles. The van der Waals surface area contributed by atoms with E-state index in [-0.39, 0.29) is 15.6 Å². The molecule has 0 saturated carbocycles. The molecular weight excluding hydrogens is 290 g/mol. The molecule has 0 aromatic heterocycles. The van der Waals surface area contributed by atoms with Crippen LogP contribution in [0.3, 0.4) is 0 Å². The zero-order chi connectivity index (χ0) is 15.2. The van der Waals surface area contributed by atoms with Crippen LogP contribution in [0.2, 0.25) is 5.02 Å². The van der Waals surface area contributed by atoms with Crippen LogP contribution in [0.15, 0.2) is 18.2 Å². The average Bonchev–Trinajstić information content (AvgIpc) is 2.47. The summed E-state index contributed by atoms with van der Waals surface area (Å²) in [6.45, 7) is 5.78. The van der Waals surface area contributed by atoms with Crippen LogP contribution in [0.4, 0.5) is 11.4 Å². The average molecular weight is 312 g/mol. The van der Waals surface area contributed by atoms with E-state index < -0.39 is 0 Å². The fourth-order valence-electron chi connectivity index (χ4n) is 2.91. The zero-order valence-corrected chi connectivity index (χ0v) is 13.1. The van der Waals surface area contributed by atoms with Crippen molar-refractivity contribution in [1.82, 2.24) is 5.32 Å². The maximum Gasteiger partial charge on any atom is 0.310 e. The van der Waals surface area contributed by atoms with Crippen LogP contribution in [0.25, 0.3) is 0 Å². The third-order valence-electron chi connectivity index (χ3n) is 3.86. The van der Waals surface area contributed by atoms with Gasteiger partial charge in [-0.2, -0.15) is 0 Å². The Morgan fingerprint density at radius 1 is 1.52 bits per heavy atom. The highest BCUT2D eigenvalue weighted by molar-refractivity contribution is 6.33. The largest absolute Gasteiger partial charge is 0.366 e. The van der Waals surface area contributed by atoms with E-state index in [1.165, 1.54) is 12.8 Å². The van der Waals surface area contributed by atoms with E-state index in [1.807, 2.05) is 0 Å². The maximum absolute atomic E-state index is 11.3. The Hall–Kier alpha value is -1.33. The molecule has 1 aromatic rings. The number of anilines is 1. The lowest BCUT2D eigenvalue weighted by Gasteiger charge is -2.31. The fourth-order valence-corrected chi connectivity index (χ4v) is 3.15. The van der Waals surface area contributed by atoms with Gasteiger partial charge in [0.1, 0.15) is 10.7 Å². The molecule has 0 bridgehead atoms. The van der Waals surface area contributed by atoms with Crippen LogP contribution in [-0.2, 0) is 0 Å². The molecule has 0 amide bonds. The molecule has 1 unspecified atom stereocenters. The first-order valence-electron chi connectivity index (χ1n) is 7.52. The normalized spacial score (nSPS) is 18.5. The van der Waals surface area contributed by atoms with Gasteiger partial charge < -0.3 is 10.2 Å². The van der Waals surface area contributed by atoms with Gasteiger partial charge in [0, 0.05) is 13.1 Å². The molecule has 1 aliphatic rings. The number of halogens is 1. The van der Waals surface area contributed by atoms with E-state index >= 15 is 0 Å². The summed E-state index contributed by atoms with van der Waals surface area (Å²) in [7, 11) is 0. The third-order valence-corrected chi connectivity index (χ3v) is 4.16. The summed E-state index contributed by atoms with van der Waals surface area (Å²) in [5.74, 6) is 0.531. The number of piperidine rings is 1. The molecular formula is C15H22ClN3O2. The zero-order valence-electron chi connectivity index (χ0n) is 12.3. The standard InChI is InChI=1S/C15H22ClN3O2/c1-2-9-18(11-12-5-4-8-17-10-12)14-7-3-6-13(16)15(14)19(20)21/h3,6-7,12,17H,2,4-5,8-11H2,1H3. The molecule has 1 N–H and O–H groups in total. The first-order valence-corrected chi connectivity index (χ1v) is 7.89. The Morgan fingerprint density at radius 3 is 2.95 bits per heavy atom. The summed E-state index contributed by atoms with van der Waals surface area (Å²) in [5, 5.41) is 14.9. The lowest BCUT2D eigenvalue weighted by Crippen LogP contribution is -2.39. The Labute approximate surface area is 130 Å². The predicted molar refractivity (Wildman–Crippen MR) is 86.2 cm³/mol. The van der Waals surface area contributed by atoms with Crippen molar-refractivity contribution in [2.75, 3.05) is 31.1 Å². The molecule has 5 nitrogen and oxygen atoms in total. The molecule has 1 heterocycles. The van der Waals surface area contributed by atoms with Crippen LogP contribution < -0.4 is 10.2 Å². The number of rotatable bonds is 6. The summed E-state index contributed by atoms with van der Waals surface area (Å²) in [6.07, 6.45) is 3.29. The lowest BCUT2D eigenvalue weighted by molar-refractivity contribution is -0.384. The van der Waals surface area contributed by atoms with Crippen LogP contribution in [0.1, 0.15) is 26.2 Å². The Kier molecular flexibility index (Phi) is 5.82. The van der Waals surface area contributed by atoms with E-state index in [0.717, 1.165) is 32.6 Å². The monoisotopic (exact) mass is 311 g/mol. The molecule has 1 aromatic carbocycles. The van der Waals surface area contributed by atoms with Crippen molar-refractivity contribution in [1.29, 1.82) is 0 Å². The summed E-state index contributed by atoms with van der Waals surface area (Å²) < 4.78 is 0. The Balaban J connectivity index is 2.24. The first kappa shape index (κ1) is 16.0. The van der Waals surface area contributed by atoms with E-state index in [2.05, 4.69) is 17.1 Å². The minimum atomic E-state index is -0.376. The summed E-state index contributed by atoms with van der Waals surface area (Å²) in [5.41, 5.74) is 0.663. The van der Waals surface area contributed by atoms with Crippen LogP contribution >= 0.6 is 11.6 Å². The highest BCUT2D eigenvalue weighted by Crippen LogP contribution is 2.35. The molecule has 1 fully saturated rings. The molecule has 1 atom stereocenters. The highest BCUT2D eigenvalue weighted by atomic mass is 35.5. The number of hydrogen-bond donors (Lipinski definition) is 1. The minimum absolute atomic E-state index is 0.0244. The van der Waals surface area contributed by atoms with Crippen molar-refractivity contribution in [2.45, 2.75) is 26.2 Å². The summed E-state index contributed by atoms with van der Waals surface area (Å²) >= 11 is 6.03. The maximum atomic E-state index is 11.3. The van der Waals surface area contributed by atoms with Gasteiger partial charge in [-0.25, -0.2) is 0 Å². The Bertz CT molecular complexity index is 490. The van der Waals surface area contributed by atoms with Gasteiger partial charge in [0.2, 0.25) is 0 Å². The van der Waals surface area contributed by atoms with E-state index in [0.29, 0.717) is 11.6 Å². The number of nitrogens with zero attached hydrogens (tertiary/aromatic N) is 2. The van der Waals surface area contributed by atoms with Gasteiger partial charge in [-0.1, -0.05) is 24.6 Å². The molecule has 2 rings (SSSR count). The number of benzene rings is 1. The van der Waals surface area contributed by atoms with Crippen molar-refractivity contribution in [3.05, 3.63) is 33.3 Å². The van der Waals surface area contributed by atoms with Crippen molar-refractivity contribution in [3.8, 4) is 0 Å². The molecule has 116 valence electrons. The van der Waals surface area contributed by atoms with Crippen molar-refractivity contribution in [3.63, 3.8) is 0 Å². The molecule has 0 aliphatic carbocycles. The number of nitrogens with one attached hydrogen (secondary N) is 1. The summed E-state index contributed by atoms with van der Waals surface area (Å²) in [4.78, 5) is 13.1. The topological polar surface area (TPSA) is 58.4 Å². The molecule has 0 spiro atoms. The number of para-hydroxylation sites is 1. The summed E-state index contributed by atoms with van der Waals surface area (Å²) in [6, 6.07) is 5.16. The van der Waals surface area contributed by atoms with Crippen LogP contribution in [0, 0.1) is 16.0 Å². The van der Waals surface area contributed by atoms with Gasteiger partial charge in [0.05, 0.1) is 4.92 Å². The van der Waals surface area contributed by atoms with Gasteiger partial charge >= 0.3 is 5.69 Å². The SMILES string of the molecule is CCCN(CC1CCCNC1)c1cccc(Cl)c1[N+](=O)[O-]. The second kappa shape index (κ2) is 7.61. The second-order valence-corrected chi connectivity index (χ2v) is 5.93. The number of nitro benzene ring substituents is 1. The van der Waals surface area contributed by atoms with Gasteiger partial charge in [-0.05, 0) is 50.4 Å². The molecule has 6 heteroatoms. The smallest absolute Gasteiger partial charge is 0.310 e. The molecule has 1 saturated heterocycles. The number of nitro groups is 1.